The summed E-state index contributed by atoms with van der Waals surface area (Å²) in [7, 11) is 0. The number of thiocarbonyl (C=S) groups is 1. The van der Waals surface area contributed by atoms with Gasteiger partial charge >= 0.3 is 0 Å². The monoisotopic (exact) mass is 410 g/mol. The normalized spacial score (nSPS) is 10.6. The van der Waals surface area contributed by atoms with Crippen molar-refractivity contribution in [3.63, 3.8) is 0 Å². The molecule has 1 aromatic carbocycles. The summed E-state index contributed by atoms with van der Waals surface area (Å²) in [6.45, 7) is 4.20. The number of hydrogen-bond donors (Lipinski definition) is 2. The molecule has 0 radical (unpaired) electrons. The minimum atomic E-state index is -0.0263. The van der Waals surface area contributed by atoms with Gasteiger partial charge < -0.3 is 10.6 Å². The highest BCUT2D eigenvalue weighted by atomic mass is 35.5. The van der Waals surface area contributed by atoms with Crippen molar-refractivity contribution in [3.8, 4) is 0 Å². The summed E-state index contributed by atoms with van der Waals surface area (Å²) >= 11 is 11.3. The summed E-state index contributed by atoms with van der Waals surface area (Å²) in [6, 6.07) is 5.61. The van der Waals surface area contributed by atoms with Gasteiger partial charge in [0.1, 0.15) is 0 Å². The molecule has 5 heteroatoms. The van der Waals surface area contributed by atoms with Gasteiger partial charge in [-0.1, -0.05) is 88.8 Å². The minimum Gasteiger partial charge on any atom is -0.332 e. The lowest BCUT2D eigenvalue weighted by Crippen LogP contribution is -2.33. The molecule has 152 valence electrons. The number of carbonyl (C=O) groups is 1. The van der Waals surface area contributed by atoms with Crippen LogP contribution in [0.1, 0.15) is 89.5 Å². The molecule has 0 bridgehead atoms. The smallest absolute Gasteiger partial charge is 0.226 e. The predicted molar refractivity (Wildman–Crippen MR) is 122 cm³/mol. The first-order valence-corrected chi connectivity index (χ1v) is 11.2. The van der Waals surface area contributed by atoms with Gasteiger partial charge in [-0.2, -0.15) is 0 Å². The first kappa shape index (κ1) is 23.9. The summed E-state index contributed by atoms with van der Waals surface area (Å²) in [5.41, 5.74) is 1.79. The van der Waals surface area contributed by atoms with Crippen LogP contribution < -0.4 is 10.6 Å². The van der Waals surface area contributed by atoms with E-state index in [-0.39, 0.29) is 5.91 Å². The first-order chi connectivity index (χ1) is 13.0. The third kappa shape index (κ3) is 12.0. The van der Waals surface area contributed by atoms with Gasteiger partial charge in [0.2, 0.25) is 5.91 Å². The molecule has 0 aliphatic heterocycles. The quantitative estimate of drug-likeness (QED) is 0.267. The van der Waals surface area contributed by atoms with Gasteiger partial charge in [0.05, 0.1) is 0 Å². The van der Waals surface area contributed by atoms with Gasteiger partial charge in [0.25, 0.3) is 0 Å². The fraction of sp³-hybridized carbons (Fsp3) is 0.636. The van der Waals surface area contributed by atoms with Crippen molar-refractivity contribution in [3.05, 3.63) is 28.8 Å². The molecule has 0 spiro atoms. The molecule has 0 heterocycles. The van der Waals surface area contributed by atoms with E-state index in [4.69, 9.17) is 23.8 Å². The molecule has 27 heavy (non-hydrogen) atoms. The van der Waals surface area contributed by atoms with Gasteiger partial charge in [-0.3, -0.25) is 4.79 Å². The Labute approximate surface area is 175 Å². The van der Waals surface area contributed by atoms with Crippen LogP contribution in [0.25, 0.3) is 0 Å². The van der Waals surface area contributed by atoms with Crippen molar-refractivity contribution in [1.82, 2.24) is 5.32 Å². The summed E-state index contributed by atoms with van der Waals surface area (Å²) in [5, 5.41) is 6.73. The van der Waals surface area contributed by atoms with E-state index in [1.807, 2.05) is 19.1 Å². The fourth-order valence-corrected chi connectivity index (χ4v) is 3.38. The van der Waals surface area contributed by atoms with Gasteiger partial charge in [-0.15, -0.1) is 0 Å². The van der Waals surface area contributed by atoms with Crippen LogP contribution in [-0.2, 0) is 4.79 Å². The third-order valence-electron chi connectivity index (χ3n) is 4.69. The Kier molecular flexibility index (Phi) is 13.2. The number of benzene rings is 1. The van der Waals surface area contributed by atoms with Crippen molar-refractivity contribution in [2.45, 2.75) is 90.9 Å². The van der Waals surface area contributed by atoms with Gasteiger partial charge in [-0.25, -0.2) is 0 Å². The molecule has 0 unspecified atom stereocenters. The van der Waals surface area contributed by atoms with Crippen LogP contribution in [0.4, 0.5) is 5.69 Å². The molecule has 0 aromatic heterocycles. The lowest BCUT2D eigenvalue weighted by atomic mass is 10.1. The number of halogens is 1. The summed E-state index contributed by atoms with van der Waals surface area (Å²) in [6.07, 6.45) is 14.6. The third-order valence-corrected chi connectivity index (χ3v) is 5.30. The van der Waals surface area contributed by atoms with Crippen LogP contribution in [0.5, 0.6) is 0 Å². The Bertz CT molecular complexity index is 577. The van der Waals surface area contributed by atoms with Gasteiger partial charge in [0, 0.05) is 17.1 Å². The van der Waals surface area contributed by atoms with E-state index in [9.17, 15) is 4.79 Å². The van der Waals surface area contributed by atoms with Crippen LogP contribution in [0.2, 0.25) is 5.02 Å². The lowest BCUT2D eigenvalue weighted by Gasteiger charge is -2.10. The molecule has 0 aliphatic carbocycles. The second-order valence-electron chi connectivity index (χ2n) is 7.25. The zero-order valence-electron chi connectivity index (χ0n) is 16.9. The lowest BCUT2D eigenvalue weighted by molar-refractivity contribution is -0.119. The first-order valence-electron chi connectivity index (χ1n) is 10.4. The molecule has 1 rings (SSSR count). The van der Waals surface area contributed by atoms with E-state index in [0.717, 1.165) is 24.1 Å². The van der Waals surface area contributed by atoms with Crippen molar-refractivity contribution < 1.29 is 4.79 Å². The second kappa shape index (κ2) is 14.9. The molecule has 1 aromatic rings. The molecule has 0 fully saturated rings. The highest BCUT2D eigenvalue weighted by Gasteiger charge is 2.06. The van der Waals surface area contributed by atoms with Crippen LogP contribution in [0, 0.1) is 6.92 Å². The van der Waals surface area contributed by atoms with Gasteiger partial charge in [-0.05, 0) is 43.3 Å². The molecule has 0 aliphatic rings. The average Bonchev–Trinajstić information content (AvgIpc) is 2.62. The van der Waals surface area contributed by atoms with Crippen molar-refractivity contribution in [2.75, 3.05) is 5.32 Å². The Morgan fingerprint density at radius 1 is 0.963 bits per heavy atom. The number of anilines is 1. The molecule has 0 saturated carbocycles. The number of carbonyl (C=O) groups excluding carboxylic acids is 1. The minimum absolute atomic E-state index is 0.0263. The number of hydrogen-bond acceptors (Lipinski definition) is 2. The maximum absolute atomic E-state index is 12.0. The Morgan fingerprint density at radius 2 is 1.52 bits per heavy atom. The van der Waals surface area contributed by atoms with Crippen molar-refractivity contribution in [1.29, 1.82) is 0 Å². The molecule has 3 nitrogen and oxygen atoms in total. The number of amides is 1. The van der Waals surface area contributed by atoms with E-state index in [0.29, 0.717) is 16.6 Å². The molecule has 0 saturated heterocycles. The van der Waals surface area contributed by atoms with Crippen LogP contribution in [0.15, 0.2) is 18.2 Å². The number of aryl methyl sites for hydroxylation is 1. The van der Waals surface area contributed by atoms with E-state index in [1.165, 1.54) is 57.8 Å². The molecular weight excluding hydrogens is 376 g/mol. The second-order valence-corrected chi connectivity index (χ2v) is 8.07. The highest BCUT2D eigenvalue weighted by molar-refractivity contribution is 7.80. The van der Waals surface area contributed by atoms with E-state index in [2.05, 4.69) is 17.6 Å². The zero-order valence-corrected chi connectivity index (χ0v) is 18.5. The zero-order chi connectivity index (χ0) is 19.9. The predicted octanol–water partition coefficient (Wildman–Crippen LogP) is 7.16. The molecule has 1 amide bonds. The van der Waals surface area contributed by atoms with Crippen LogP contribution >= 0.6 is 23.8 Å². The van der Waals surface area contributed by atoms with E-state index >= 15 is 0 Å². The highest BCUT2D eigenvalue weighted by Crippen LogP contribution is 2.19. The topological polar surface area (TPSA) is 41.1 Å². The number of unbranched alkanes of at least 4 members (excludes halogenated alkanes) is 10. The average molecular weight is 411 g/mol. The Balaban J connectivity index is 2.02. The summed E-state index contributed by atoms with van der Waals surface area (Å²) < 4.78 is 0. The molecule has 2 N–H and O–H groups in total. The van der Waals surface area contributed by atoms with Crippen molar-refractivity contribution in [2.24, 2.45) is 0 Å². The van der Waals surface area contributed by atoms with E-state index < -0.39 is 0 Å². The number of nitrogens with one attached hydrogen (secondary N) is 2. The van der Waals surface area contributed by atoms with Crippen LogP contribution in [0.3, 0.4) is 0 Å². The molecular formula is C22H35ClN2OS. The summed E-state index contributed by atoms with van der Waals surface area (Å²) in [5.74, 6) is -0.0263. The maximum atomic E-state index is 12.0. The fourth-order valence-electron chi connectivity index (χ4n) is 2.97. The van der Waals surface area contributed by atoms with Crippen LogP contribution in [-0.4, -0.2) is 11.0 Å². The SMILES string of the molecule is CCCCCCCCCCCCCC(=O)NC(=S)Nc1ccc(C)c(Cl)c1. The Morgan fingerprint density at radius 3 is 2.07 bits per heavy atom. The maximum Gasteiger partial charge on any atom is 0.226 e. The Hall–Kier alpha value is -1.13. The number of rotatable bonds is 13. The largest absolute Gasteiger partial charge is 0.332 e. The summed E-state index contributed by atoms with van der Waals surface area (Å²) in [4.78, 5) is 12.0. The molecule has 0 atom stereocenters. The van der Waals surface area contributed by atoms with Crippen molar-refractivity contribution >= 4 is 40.5 Å². The van der Waals surface area contributed by atoms with Gasteiger partial charge in [0.15, 0.2) is 5.11 Å². The van der Waals surface area contributed by atoms with E-state index in [1.54, 1.807) is 6.07 Å². The standard InChI is InChI=1S/C22H35ClN2OS/c1-3-4-5-6-7-8-9-10-11-12-13-14-21(26)25-22(27)24-19-16-15-18(2)20(23)17-19/h15-17H,3-14H2,1-2H3,(H2,24,25,26,27).